The first-order valence-electron chi connectivity index (χ1n) is 3.88. The predicted octanol–water partition coefficient (Wildman–Crippen LogP) is 3.19. The molecule has 0 aromatic carbocycles. The Hall–Kier alpha value is -0.730. The third-order valence-corrected chi connectivity index (χ3v) is 3.01. The molecule has 0 aliphatic carbocycles. The first-order chi connectivity index (χ1) is 6.11. The van der Waals surface area contributed by atoms with E-state index in [1.165, 1.54) is 0 Å². The van der Waals surface area contributed by atoms with Crippen LogP contribution in [0.2, 0.25) is 10.0 Å². The normalized spacial score (nSPS) is 11.1. The zero-order valence-electron chi connectivity index (χ0n) is 7.31. The number of pyridine rings is 1. The average Bonchev–Trinajstić information content (AvgIpc) is 2.45. The van der Waals surface area contributed by atoms with Gasteiger partial charge in [-0.15, -0.1) is 0 Å². The van der Waals surface area contributed by atoms with Crippen LogP contribution in [0.15, 0.2) is 12.3 Å². The Bertz CT molecular complexity index is 474. The van der Waals surface area contributed by atoms with Gasteiger partial charge in [-0.1, -0.05) is 23.2 Å². The van der Waals surface area contributed by atoms with E-state index < -0.39 is 0 Å². The third kappa shape index (κ3) is 1.21. The molecule has 0 aliphatic heterocycles. The molecule has 0 saturated carbocycles. The molecule has 0 spiro atoms. The zero-order valence-corrected chi connectivity index (χ0v) is 8.82. The summed E-state index contributed by atoms with van der Waals surface area (Å²) in [5.41, 5.74) is 1.63. The van der Waals surface area contributed by atoms with Crippen molar-refractivity contribution in [3.63, 3.8) is 0 Å². The Kier molecular flexibility index (Phi) is 1.97. The number of nitrogens with zero attached hydrogens (tertiary/aromatic N) is 2. The lowest BCUT2D eigenvalue weighted by atomic mass is 10.3. The molecular weight excluding hydrogens is 207 g/mol. The Labute approximate surface area is 86.1 Å². The van der Waals surface area contributed by atoms with E-state index in [-0.39, 0.29) is 0 Å². The molecule has 0 radical (unpaired) electrons. The maximum atomic E-state index is 6.06. The van der Waals surface area contributed by atoms with Gasteiger partial charge in [0.1, 0.15) is 5.65 Å². The van der Waals surface area contributed by atoms with Gasteiger partial charge in [0.2, 0.25) is 0 Å². The van der Waals surface area contributed by atoms with Crippen molar-refractivity contribution in [3.05, 3.63) is 28.0 Å². The van der Waals surface area contributed by atoms with E-state index in [0.717, 1.165) is 16.7 Å². The molecule has 0 fully saturated rings. The molecule has 2 heterocycles. The molecule has 2 aromatic rings. The zero-order chi connectivity index (χ0) is 9.59. The summed E-state index contributed by atoms with van der Waals surface area (Å²) < 4.78 is 1.92. The summed E-state index contributed by atoms with van der Waals surface area (Å²) in [5, 5.41) is 2.03. The van der Waals surface area contributed by atoms with Crippen molar-refractivity contribution in [1.29, 1.82) is 0 Å². The van der Waals surface area contributed by atoms with E-state index in [1.807, 2.05) is 30.8 Å². The van der Waals surface area contributed by atoms with Crippen molar-refractivity contribution in [2.75, 3.05) is 0 Å². The number of hydrogen-bond donors (Lipinski definition) is 0. The molecule has 2 aromatic heterocycles. The lowest BCUT2D eigenvalue weighted by molar-refractivity contribution is 0.943. The molecule has 0 atom stereocenters. The summed E-state index contributed by atoms with van der Waals surface area (Å²) in [4.78, 5) is 4.34. The number of hydrogen-bond acceptors (Lipinski definition) is 1. The second-order valence-electron chi connectivity index (χ2n) is 2.99. The van der Waals surface area contributed by atoms with Crippen LogP contribution in [0.5, 0.6) is 0 Å². The van der Waals surface area contributed by atoms with Gasteiger partial charge in [-0.25, -0.2) is 4.98 Å². The summed E-state index contributed by atoms with van der Waals surface area (Å²) >= 11 is 12.0. The van der Waals surface area contributed by atoms with Gasteiger partial charge in [-0.05, 0) is 13.0 Å². The fourth-order valence-electron chi connectivity index (χ4n) is 1.32. The van der Waals surface area contributed by atoms with Gasteiger partial charge in [0, 0.05) is 18.6 Å². The maximum Gasteiger partial charge on any atom is 0.141 e. The van der Waals surface area contributed by atoms with Crippen LogP contribution in [0.4, 0.5) is 0 Å². The number of aromatic nitrogens is 2. The van der Waals surface area contributed by atoms with Crippen molar-refractivity contribution in [2.45, 2.75) is 6.92 Å². The predicted molar refractivity (Wildman–Crippen MR) is 55.5 cm³/mol. The van der Waals surface area contributed by atoms with E-state index in [0.29, 0.717) is 10.0 Å². The molecule has 0 unspecified atom stereocenters. The first-order valence-corrected chi connectivity index (χ1v) is 4.63. The Morgan fingerprint density at radius 1 is 1.31 bits per heavy atom. The Morgan fingerprint density at radius 2 is 2.00 bits per heavy atom. The number of rotatable bonds is 0. The maximum absolute atomic E-state index is 6.06. The Balaban J connectivity index is 2.96. The average molecular weight is 215 g/mol. The summed E-state index contributed by atoms with van der Waals surface area (Å²) in [7, 11) is 1.93. The topological polar surface area (TPSA) is 17.8 Å². The van der Waals surface area contributed by atoms with Crippen LogP contribution in [-0.4, -0.2) is 9.55 Å². The van der Waals surface area contributed by atoms with Crippen molar-refractivity contribution in [1.82, 2.24) is 9.55 Å². The van der Waals surface area contributed by atoms with Crippen LogP contribution >= 0.6 is 23.2 Å². The van der Waals surface area contributed by atoms with Crippen LogP contribution in [0.25, 0.3) is 11.0 Å². The van der Waals surface area contributed by atoms with Gasteiger partial charge < -0.3 is 4.57 Å². The lowest BCUT2D eigenvalue weighted by Gasteiger charge is -2.02. The number of halogens is 2. The molecule has 0 N–H and O–H groups in total. The third-order valence-electron chi connectivity index (χ3n) is 2.06. The first kappa shape index (κ1) is 8.85. The van der Waals surface area contributed by atoms with Crippen molar-refractivity contribution >= 4 is 34.2 Å². The minimum atomic E-state index is 0.542. The fraction of sp³-hybridized carbons (Fsp3) is 0.222. The summed E-state index contributed by atoms with van der Waals surface area (Å²) in [6.07, 6.45) is 1.92. The smallest absolute Gasteiger partial charge is 0.141 e. The molecule has 0 bridgehead atoms. The van der Waals surface area contributed by atoms with Crippen LogP contribution in [0, 0.1) is 6.92 Å². The van der Waals surface area contributed by atoms with E-state index in [1.54, 1.807) is 0 Å². The second-order valence-corrected chi connectivity index (χ2v) is 3.75. The van der Waals surface area contributed by atoms with E-state index in [2.05, 4.69) is 4.98 Å². The highest BCUT2D eigenvalue weighted by molar-refractivity contribution is 6.45. The number of fused-ring (bicyclic) bond motifs is 1. The minimum Gasteiger partial charge on any atom is -0.336 e. The van der Waals surface area contributed by atoms with Crippen LogP contribution in [0.1, 0.15) is 5.69 Å². The van der Waals surface area contributed by atoms with Gasteiger partial charge in [0.15, 0.2) is 0 Å². The largest absolute Gasteiger partial charge is 0.336 e. The molecule has 13 heavy (non-hydrogen) atoms. The second kappa shape index (κ2) is 2.89. The summed E-state index contributed by atoms with van der Waals surface area (Å²) in [6, 6.07) is 1.91. The van der Waals surface area contributed by atoms with Gasteiger partial charge in [0.05, 0.1) is 15.7 Å². The molecule has 68 valence electrons. The molecule has 2 nitrogen and oxygen atoms in total. The van der Waals surface area contributed by atoms with Crippen molar-refractivity contribution in [2.24, 2.45) is 7.05 Å². The molecule has 0 aliphatic rings. The lowest BCUT2D eigenvalue weighted by Crippen LogP contribution is -1.91. The number of aryl methyl sites for hydroxylation is 2. The van der Waals surface area contributed by atoms with Gasteiger partial charge in [-0.3, -0.25) is 0 Å². The van der Waals surface area contributed by atoms with Crippen LogP contribution in [-0.2, 0) is 7.05 Å². The highest BCUT2D eigenvalue weighted by atomic mass is 35.5. The molecular formula is C9H8Cl2N2. The summed E-state index contributed by atoms with van der Waals surface area (Å²) in [6.45, 7) is 1.85. The van der Waals surface area contributed by atoms with Gasteiger partial charge >= 0.3 is 0 Å². The molecule has 0 amide bonds. The van der Waals surface area contributed by atoms with Crippen molar-refractivity contribution in [3.8, 4) is 0 Å². The van der Waals surface area contributed by atoms with Gasteiger partial charge in [-0.2, -0.15) is 0 Å². The standard InChI is InChI=1S/C9H8Cl2N2/c1-5-7(10)8(11)6-3-4-13(2)9(6)12-5/h3-4H,1-2H3. The van der Waals surface area contributed by atoms with Gasteiger partial charge in [0.25, 0.3) is 0 Å². The van der Waals surface area contributed by atoms with Crippen LogP contribution in [0.3, 0.4) is 0 Å². The minimum absolute atomic E-state index is 0.542. The highest BCUT2D eigenvalue weighted by Gasteiger charge is 2.10. The highest BCUT2D eigenvalue weighted by Crippen LogP contribution is 2.31. The molecule has 2 rings (SSSR count). The monoisotopic (exact) mass is 214 g/mol. The Morgan fingerprint density at radius 3 is 2.69 bits per heavy atom. The van der Waals surface area contributed by atoms with E-state index in [9.17, 15) is 0 Å². The van der Waals surface area contributed by atoms with E-state index in [4.69, 9.17) is 23.2 Å². The SMILES string of the molecule is Cc1nc2c(ccn2C)c(Cl)c1Cl. The molecule has 4 heteroatoms. The van der Waals surface area contributed by atoms with E-state index >= 15 is 0 Å². The fourth-order valence-corrected chi connectivity index (χ4v) is 1.75. The summed E-state index contributed by atoms with van der Waals surface area (Å²) in [5.74, 6) is 0. The van der Waals surface area contributed by atoms with Crippen molar-refractivity contribution < 1.29 is 0 Å². The van der Waals surface area contributed by atoms with Crippen LogP contribution < -0.4 is 0 Å². The quantitative estimate of drug-likeness (QED) is 0.659. The molecule has 0 saturated heterocycles.